The number of hydrogen-bond donors (Lipinski definition) is 1. The van der Waals surface area contributed by atoms with Crippen LogP contribution in [0.25, 0.3) is 16.8 Å². The molecule has 30 heavy (non-hydrogen) atoms. The Kier molecular flexibility index (Phi) is 4.98. The van der Waals surface area contributed by atoms with Gasteiger partial charge in [0.05, 0.1) is 7.11 Å². The van der Waals surface area contributed by atoms with E-state index in [-0.39, 0.29) is 6.54 Å². The number of anilines is 1. The molecule has 0 unspecified atom stereocenters. The largest absolute Gasteiger partial charge is 0.496 e. The molecule has 3 aromatic heterocycles. The lowest BCUT2D eigenvalue weighted by Crippen LogP contribution is -2.08. The number of nitrogens with zero attached hydrogens (tertiary/aromatic N) is 4. The van der Waals surface area contributed by atoms with Crippen LogP contribution in [0.2, 0.25) is 0 Å². The van der Waals surface area contributed by atoms with E-state index in [1.54, 1.807) is 28.7 Å². The van der Waals surface area contributed by atoms with Gasteiger partial charge in [-0.15, -0.1) is 10.2 Å². The fourth-order valence-corrected chi connectivity index (χ4v) is 3.12. The van der Waals surface area contributed by atoms with E-state index in [1.165, 1.54) is 25.6 Å². The highest BCUT2D eigenvalue weighted by Gasteiger charge is 2.32. The molecule has 0 saturated carbocycles. The van der Waals surface area contributed by atoms with Gasteiger partial charge in [0.1, 0.15) is 29.4 Å². The number of methoxy groups -OCH3 is 1. The van der Waals surface area contributed by atoms with Gasteiger partial charge in [0, 0.05) is 23.9 Å². The van der Waals surface area contributed by atoms with Crippen LogP contribution in [-0.4, -0.2) is 26.7 Å². The summed E-state index contributed by atoms with van der Waals surface area (Å²) in [6.45, 7) is 0.121. The SMILES string of the molecule is COc1cccc(F)c1CNc1ccc(-c2ccnc(C(F)(F)F)c2)c2nncn12. The number of aromatic nitrogens is 4. The molecule has 1 aromatic carbocycles. The third-order valence-electron chi connectivity index (χ3n) is 4.56. The van der Waals surface area contributed by atoms with Gasteiger partial charge in [0.2, 0.25) is 0 Å². The van der Waals surface area contributed by atoms with Crippen LogP contribution in [0.5, 0.6) is 5.75 Å². The molecule has 0 atom stereocenters. The van der Waals surface area contributed by atoms with Crippen molar-refractivity contribution in [3.05, 3.63) is 72.1 Å². The lowest BCUT2D eigenvalue weighted by Gasteiger charge is -2.14. The van der Waals surface area contributed by atoms with Gasteiger partial charge >= 0.3 is 6.18 Å². The Hall–Kier alpha value is -3.69. The number of pyridine rings is 2. The first-order chi connectivity index (χ1) is 14.4. The maximum Gasteiger partial charge on any atom is 0.433 e. The number of alkyl halides is 3. The number of hydrogen-bond acceptors (Lipinski definition) is 5. The second-order valence-electron chi connectivity index (χ2n) is 6.36. The molecule has 0 spiro atoms. The molecule has 1 N–H and O–H groups in total. The van der Waals surface area contributed by atoms with Gasteiger partial charge in [0.15, 0.2) is 5.65 Å². The minimum atomic E-state index is -4.56. The molecular formula is C20H15F4N5O. The molecule has 0 saturated heterocycles. The van der Waals surface area contributed by atoms with Crippen molar-refractivity contribution >= 4 is 11.5 Å². The second-order valence-corrected chi connectivity index (χ2v) is 6.36. The average molecular weight is 417 g/mol. The number of nitrogens with one attached hydrogen (secondary N) is 1. The van der Waals surface area contributed by atoms with E-state index in [0.717, 1.165) is 12.3 Å². The molecule has 0 bridgehead atoms. The van der Waals surface area contributed by atoms with Crippen LogP contribution in [0.3, 0.4) is 0 Å². The molecule has 0 amide bonds. The average Bonchev–Trinajstić information content (AvgIpc) is 3.22. The van der Waals surface area contributed by atoms with Crippen molar-refractivity contribution < 1.29 is 22.3 Å². The highest BCUT2D eigenvalue weighted by atomic mass is 19.4. The van der Waals surface area contributed by atoms with Crippen molar-refractivity contribution in [1.29, 1.82) is 0 Å². The summed E-state index contributed by atoms with van der Waals surface area (Å²) in [6, 6.07) is 10.2. The molecule has 0 aliphatic rings. The number of halogens is 4. The summed E-state index contributed by atoms with van der Waals surface area (Å²) < 4.78 is 60.0. The maximum absolute atomic E-state index is 14.2. The summed E-state index contributed by atoms with van der Waals surface area (Å²) in [4.78, 5) is 3.38. The summed E-state index contributed by atoms with van der Waals surface area (Å²) in [7, 11) is 1.45. The standard InChI is InChI=1S/C20H15F4N5O/c1-30-16-4-2-3-15(21)14(16)10-26-18-6-5-13(19-28-27-11-29(18)19)12-7-8-25-17(9-12)20(22,23)24/h2-9,11,26H,10H2,1H3. The Morgan fingerprint density at radius 1 is 1.13 bits per heavy atom. The van der Waals surface area contributed by atoms with Crippen LogP contribution in [0, 0.1) is 5.82 Å². The van der Waals surface area contributed by atoms with Gasteiger partial charge in [-0.05, 0) is 42.0 Å². The zero-order valence-electron chi connectivity index (χ0n) is 15.6. The summed E-state index contributed by atoms with van der Waals surface area (Å²) in [5.41, 5.74) is 0.452. The molecule has 4 aromatic rings. The first kappa shape index (κ1) is 19.6. The lowest BCUT2D eigenvalue weighted by molar-refractivity contribution is -0.141. The van der Waals surface area contributed by atoms with Crippen LogP contribution in [-0.2, 0) is 12.7 Å². The smallest absolute Gasteiger partial charge is 0.433 e. The monoisotopic (exact) mass is 417 g/mol. The minimum Gasteiger partial charge on any atom is -0.496 e. The first-order valence-corrected chi connectivity index (χ1v) is 8.80. The van der Waals surface area contributed by atoms with Gasteiger partial charge in [-0.25, -0.2) is 4.39 Å². The molecule has 0 fully saturated rings. The first-order valence-electron chi connectivity index (χ1n) is 8.80. The van der Waals surface area contributed by atoms with Crippen molar-refractivity contribution in [1.82, 2.24) is 19.6 Å². The molecule has 3 heterocycles. The van der Waals surface area contributed by atoms with Gasteiger partial charge in [-0.1, -0.05) is 6.07 Å². The summed E-state index contributed by atoms with van der Waals surface area (Å²) in [5.74, 6) is 0.514. The van der Waals surface area contributed by atoms with Crippen molar-refractivity contribution in [2.24, 2.45) is 0 Å². The van der Waals surface area contributed by atoms with Crippen LogP contribution < -0.4 is 10.1 Å². The topological polar surface area (TPSA) is 64.3 Å². The molecule has 4 rings (SSSR count). The summed E-state index contributed by atoms with van der Waals surface area (Å²) in [6.07, 6.45) is -2.03. The van der Waals surface area contributed by atoms with Gasteiger partial charge < -0.3 is 10.1 Å². The summed E-state index contributed by atoms with van der Waals surface area (Å²) >= 11 is 0. The van der Waals surface area contributed by atoms with Crippen LogP contribution >= 0.6 is 0 Å². The predicted octanol–water partition coefficient (Wildman–Crippen LogP) is 4.57. The third kappa shape index (κ3) is 3.63. The molecule has 6 nitrogen and oxygen atoms in total. The van der Waals surface area contributed by atoms with E-state index >= 15 is 0 Å². The number of benzene rings is 1. The molecular weight excluding hydrogens is 402 g/mol. The normalized spacial score (nSPS) is 11.6. The highest BCUT2D eigenvalue weighted by molar-refractivity contribution is 5.79. The predicted molar refractivity (Wildman–Crippen MR) is 101 cm³/mol. The highest BCUT2D eigenvalue weighted by Crippen LogP contribution is 2.32. The molecule has 0 radical (unpaired) electrons. The third-order valence-corrected chi connectivity index (χ3v) is 4.56. The molecule has 154 valence electrons. The fourth-order valence-electron chi connectivity index (χ4n) is 3.12. The van der Waals surface area contributed by atoms with E-state index in [0.29, 0.717) is 33.9 Å². The van der Waals surface area contributed by atoms with Crippen LogP contribution in [0.4, 0.5) is 23.4 Å². The van der Waals surface area contributed by atoms with E-state index in [2.05, 4.69) is 20.5 Å². The van der Waals surface area contributed by atoms with Gasteiger partial charge in [0.25, 0.3) is 0 Å². The van der Waals surface area contributed by atoms with Crippen molar-refractivity contribution in [2.75, 3.05) is 12.4 Å². The van der Waals surface area contributed by atoms with E-state index < -0.39 is 17.7 Å². The number of ether oxygens (including phenoxy) is 1. The van der Waals surface area contributed by atoms with Crippen LogP contribution in [0.15, 0.2) is 55.0 Å². The van der Waals surface area contributed by atoms with Gasteiger partial charge in [-0.3, -0.25) is 9.38 Å². The molecule has 0 aliphatic carbocycles. The zero-order chi connectivity index (χ0) is 21.3. The van der Waals surface area contributed by atoms with Crippen molar-refractivity contribution in [3.63, 3.8) is 0 Å². The Balaban J connectivity index is 1.69. The Labute approximate surface area is 168 Å². The van der Waals surface area contributed by atoms with Crippen molar-refractivity contribution in [2.45, 2.75) is 12.7 Å². The fraction of sp³-hybridized carbons (Fsp3) is 0.150. The zero-order valence-corrected chi connectivity index (χ0v) is 15.6. The van der Waals surface area contributed by atoms with Gasteiger partial charge in [-0.2, -0.15) is 13.2 Å². The van der Waals surface area contributed by atoms with Crippen molar-refractivity contribution in [3.8, 4) is 16.9 Å². The number of rotatable bonds is 5. The second kappa shape index (κ2) is 7.62. The van der Waals surface area contributed by atoms with E-state index in [4.69, 9.17) is 4.74 Å². The Morgan fingerprint density at radius 2 is 1.97 bits per heavy atom. The molecule has 10 heteroatoms. The Morgan fingerprint density at radius 3 is 2.73 bits per heavy atom. The Bertz CT molecular complexity index is 1210. The minimum absolute atomic E-state index is 0.121. The number of fused-ring (bicyclic) bond motifs is 1. The summed E-state index contributed by atoms with van der Waals surface area (Å²) in [5, 5.41) is 11.0. The molecule has 0 aliphatic heterocycles. The van der Waals surface area contributed by atoms with E-state index in [9.17, 15) is 17.6 Å². The maximum atomic E-state index is 14.2. The van der Waals surface area contributed by atoms with E-state index in [1.807, 2.05) is 0 Å². The van der Waals surface area contributed by atoms with Crippen LogP contribution in [0.1, 0.15) is 11.3 Å². The quantitative estimate of drug-likeness (QED) is 0.482. The lowest BCUT2D eigenvalue weighted by atomic mass is 10.1.